The van der Waals surface area contributed by atoms with Crippen LogP contribution in [0.3, 0.4) is 0 Å². The summed E-state index contributed by atoms with van der Waals surface area (Å²) in [5.74, 6) is 3.11. The van der Waals surface area contributed by atoms with Gasteiger partial charge in [0.05, 0.1) is 0 Å². The second-order valence-corrected chi connectivity index (χ2v) is 10.0. The van der Waals surface area contributed by atoms with Gasteiger partial charge in [0.2, 0.25) is 0 Å². The molecular weight excluding hydrogens is 475 g/mol. The van der Waals surface area contributed by atoms with Gasteiger partial charge in [0, 0.05) is 0 Å². The van der Waals surface area contributed by atoms with E-state index < -0.39 is 0 Å². The second kappa shape index (κ2) is 10.8. The molecule has 2 aromatic carbocycles. The molecule has 0 nitrogen and oxygen atoms in total. The van der Waals surface area contributed by atoms with E-state index >= 15 is 0 Å². The number of allylic oxidation sites excluding steroid dienone is 3. The minimum atomic E-state index is 0.748. The van der Waals surface area contributed by atoms with Crippen molar-refractivity contribution in [1.29, 1.82) is 0 Å². The molecule has 0 saturated heterocycles. The van der Waals surface area contributed by atoms with Crippen molar-refractivity contribution in [3.63, 3.8) is 0 Å². The van der Waals surface area contributed by atoms with Gasteiger partial charge in [-0.15, -0.1) is 0 Å². The summed E-state index contributed by atoms with van der Waals surface area (Å²) < 4.78 is 2.19. The molecule has 0 heterocycles. The van der Waals surface area contributed by atoms with E-state index in [1.807, 2.05) is 0 Å². The van der Waals surface area contributed by atoms with Crippen LogP contribution in [-0.2, 0) is 0 Å². The lowest BCUT2D eigenvalue weighted by Gasteiger charge is -2.27. The zero-order chi connectivity index (χ0) is 20.8. The van der Waals surface area contributed by atoms with Crippen LogP contribution in [0, 0.1) is 11.8 Å². The lowest BCUT2D eigenvalue weighted by molar-refractivity contribution is 0.376. The van der Waals surface area contributed by atoms with Gasteiger partial charge in [-0.05, 0) is 108 Å². The largest absolute Gasteiger partial charge is 0.0914 e. The average molecular weight is 511 g/mol. The lowest BCUT2D eigenvalue weighted by atomic mass is 9.78. The van der Waals surface area contributed by atoms with Gasteiger partial charge in [-0.1, -0.05) is 89.3 Å². The monoisotopic (exact) mass is 510 g/mol. The lowest BCUT2D eigenvalue weighted by Crippen LogP contribution is -2.11. The highest BCUT2D eigenvalue weighted by Crippen LogP contribution is 2.38. The summed E-state index contributed by atoms with van der Waals surface area (Å²) in [7, 11) is 0. The van der Waals surface area contributed by atoms with Crippen molar-refractivity contribution in [2.75, 3.05) is 0 Å². The van der Waals surface area contributed by atoms with Crippen LogP contribution in [0.2, 0.25) is 0 Å². The minimum absolute atomic E-state index is 0.748. The van der Waals surface area contributed by atoms with Gasteiger partial charge in [-0.25, -0.2) is 0 Å². The van der Waals surface area contributed by atoms with Crippen LogP contribution in [0.1, 0.15) is 81.3 Å². The van der Waals surface area contributed by atoms with Crippen molar-refractivity contribution >= 4 is 22.6 Å². The summed E-state index contributed by atoms with van der Waals surface area (Å²) in [4.78, 5) is 0. The molecule has 2 aliphatic carbocycles. The summed E-state index contributed by atoms with van der Waals surface area (Å²) in [6, 6.07) is 18.9. The van der Waals surface area contributed by atoms with E-state index in [0.717, 1.165) is 23.7 Å². The average Bonchev–Trinajstić information content (AvgIpc) is 2.81. The van der Waals surface area contributed by atoms with Gasteiger partial charge < -0.3 is 0 Å². The molecular formula is C29H35I. The third-order valence-corrected chi connectivity index (χ3v) is 7.87. The van der Waals surface area contributed by atoms with Gasteiger partial charge in [0.25, 0.3) is 0 Å². The first-order valence-corrected chi connectivity index (χ1v) is 13.1. The normalized spacial score (nSPS) is 27.7. The van der Waals surface area contributed by atoms with Crippen molar-refractivity contribution in [3.8, 4) is 11.1 Å². The molecule has 0 N–H and O–H groups in total. The second-order valence-electron chi connectivity index (χ2n) is 9.31. The van der Waals surface area contributed by atoms with Crippen LogP contribution < -0.4 is 0 Å². The summed E-state index contributed by atoms with van der Waals surface area (Å²) in [5, 5.41) is 0. The van der Waals surface area contributed by atoms with Gasteiger partial charge in [-0.2, -0.15) is 0 Å². The molecule has 2 saturated carbocycles. The number of rotatable bonds is 5. The Balaban J connectivity index is 1.36. The molecule has 0 aromatic heterocycles. The quantitative estimate of drug-likeness (QED) is 0.278. The molecule has 30 heavy (non-hydrogen) atoms. The maximum absolute atomic E-state index is 2.40. The molecule has 0 radical (unpaired) electrons. The van der Waals surface area contributed by atoms with Crippen LogP contribution in [0.15, 0.2) is 70.8 Å². The zero-order valence-corrected chi connectivity index (χ0v) is 20.4. The molecule has 2 fully saturated rings. The van der Waals surface area contributed by atoms with Crippen molar-refractivity contribution in [2.24, 2.45) is 11.8 Å². The first-order chi connectivity index (χ1) is 14.8. The highest BCUT2D eigenvalue weighted by molar-refractivity contribution is 14.1. The Morgan fingerprint density at radius 2 is 1.00 bits per heavy atom. The van der Waals surface area contributed by atoms with Crippen molar-refractivity contribution in [3.05, 3.63) is 82.0 Å². The number of benzene rings is 2. The fourth-order valence-corrected chi connectivity index (χ4v) is 6.15. The molecule has 4 rings (SSSR count). The number of hydrogen-bond acceptors (Lipinski definition) is 0. The Morgan fingerprint density at radius 3 is 1.37 bits per heavy atom. The van der Waals surface area contributed by atoms with Gasteiger partial charge in [0.1, 0.15) is 0 Å². The molecule has 0 amide bonds. The fraction of sp³-hybridized carbons (Fsp3) is 0.448. The molecule has 2 aliphatic rings. The van der Waals surface area contributed by atoms with E-state index in [2.05, 4.69) is 100 Å². The molecule has 0 spiro atoms. The summed E-state index contributed by atoms with van der Waals surface area (Å²) in [5.41, 5.74) is 5.77. The van der Waals surface area contributed by atoms with E-state index in [0.29, 0.717) is 0 Å². The van der Waals surface area contributed by atoms with Gasteiger partial charge in [0.15, 0.2) is 0 Å². The van der Waals surface area contributed by atoms with Crippen LogP contribution in [0.4, 0.5) is 0 Å². The van der Waals surface area contributed by atoms with E-state index in [9.17, 15) is 0 Å². The topological polar surface area (TPSA) is 0 Å². The van der Waals surface area contributed by atoms with E-state index in [1.165, 1.54) is 73.6 Å². The fourth-order valence-electron chi connectivity index (χ4n) is 5.56. The Bertz CT molecular complexity index is 753. The van der Waals surface area contributed by atoms with Crippen molar-refractivity contribution in [1.82, 2.24) is 0 Å². The third-order valence-electron chi connectivity index (χ3n) is 7.45. The predicted octanol–water partition coefficient (Wildman–Crippen LogP) is 9.43. The van der Waals surface area contributed by atoms with E-state index in [-0.39, 0.29) is 0 Å². The Kier molecular flexibility index (Phi) is 7.87. The maximum Gasteiger partial charge on any atom is -0.0162 e. The molecule has 0 atom stereocenters. The predicted molar refractivity (Wildman–Crippen MR) is 139 cm³/mol. The zero-order valence-electron chi connectivity index (χ0n) is 18.3. The summed E-state index contributed by atoms with van der Waals surface area (Å²) >= 11 is 2.35. The molecule has 2 aromatic rings. The van der Waals surface area contributed by atoms with Gasteiger partial charge in [-0.3, -0.25) is 0 Å². The number of hydrogen-bond donors (Lipinski definition) is 0. The molecule has 1 heteroatoms. The molecule has 0 bridgehead atoms. The highest BCUT2D eigenvalue weighted by atomic mass is 127. The SMILES string of the molecule is C/C=C/C1CCC(c2ccc(-c3ccc(C4CCC(/C=C/I)CC4)cc3)cc2)CC1. The number of halogens is 1. The smallest absolute Gasteiger partial charge is 0.0162 e. The van der Waals surface area contributed by atoms with Crippen molar-refractivity contribution in [2.45, 2.75) is 70.1 Å². The molecule has 0 aliphatic heterocycles. The van der Waals surface area contributed by atoms with Crippen LogP contribution in [-0.4, -0.2) is 0 Å². The van der Waals surface area contributed by atoms with Crippen LogP contribution in [0.25, 0.3) is 11.1 Å². The third kappa shape index (κ3) is 5.46. The Labute approximate surface area is 197 Å². The van der Waals surface area contributed by atoms with E-state index in [4.69, 9.17) is 0 Å². The molecule has 158 valence electrons. The summed E-state index contributed by atoms with van der Waals surface area (Å²) in [6.45, 7) is 2.15. The van der Waals surface area contributed by atoms with Crippen LogP contribution >= 0.6 is 22.6 Å². The Morgan fingerprint density at radius 1 is 0.600 bits per heavy atom. The van der Waals surface area contributed by atoms with E-state index in [1.54, 1.807) is 0 Å². The first kappa shape index (κ1) is 21.9. The van der Waals surface area contributed by atoms with Gasteiger partial charge >= 0.3 is 0 Å². The standard InChI is InChI=1S/C29H35I/c1-2-3-22-4-8-24(9-5-22)26-12-16-28(17-13-26)29-18-14-27(15-19-29)25-10-6-23(7-11-25)20-21-30/h2-3,12-25H,4-11H2,1H3/b3-2+,21-20+. The highest BCUT2D eigenvalue weighted by Gasteiger charge is 2.22. The van der Waals surface area contributed by atoms with Crippen molar-refractivity contribution < 1.29 is 0 Å². The summed E-state index contributed by atoms with van der Waals surface area (Å²) in [6.07, 6.45) is 17.7. The minimum Gasteiger partial charge on any atom is -0.0914 e. The Hall–Kier alpha value is -1.35. The first-order valence-electron chi connectivity index (χ1n) is 11.9. The van der Waals surface area contributed by atoms with Crippen LogP contribution in [0.5, 0.6) is 0 Å². The molecule has 0 unspecified atom stereocenters. The maximum atomic E-state index is 2.40.